The van der Waals surface area contributed by atoms with Gasteiger partial charge >= 0.3 is 0 Å². The molecule has 0 amide bonds. The van der Waals surface area contributed by atoms with Gasteiger partial charge in [-0.15, -0.1) is 0 Å². The highest BCUT2D eigenvalue weighted by atomic mass is 35.5. The monoisotopic (exact) mass is 282 g/mol. The average molecular weight is 283 g/mol. The third-order valence-electron chi connectivity index (χ3n) is 4.42. The van der Waals surface area contributed by atoms with E-state index in [2.05, 4.69) is 17.1 Å². The Balaban J connectivity index is 1.88. The summed E-state index contributed by atoms with van der Waals surface area (Å²) in [5.41, 5.74) is 0.617. The lowest BCUT2D eigenvalue weighted by Gasteiger charge is -2.41. The smallest absolute Gasteiger partial charge is 0.148 e. The SMILES string of the molecule is CCNC1CC2CCC(C1)N2c1c(F)cccc1Cl. The van der Waals surface area contributed by atoms with Crippen molar-refractivity contribution in [1.82, 2.24) is 5.32 Å². The van der Waals surface area contributed by atoms with Gasteiger partial charge in [0, 0.05) is 18.1 Å². The minimum atomic E-state index is -0.189. The van der Waals surface area contributed by atoms with Crippen LogP contribution < -0.4 is 10.2 Å². The van der Waals surface area contributed by atoms with Gasteiger partial charge in [-0.1, -0.05) is 24.6 Å². The summed E-state index contributed by atoms with van der Waals surface area (Å²) < 4.78 is 14.1. The lowest BCUT2D eigenvalue weighted by atomic mass is 9.96. The number of rotatable bonds is 3. The molecule has 2 aliphatic rings. The van der Waals surface area contributed by atoms with Gasteiger partial charge in [-0.25, -0.2) is 4.39 Å². The van der Waals surface area contributed by atoms with Crippen LogP contribution in [0, 0.1) is 5.82 Å². The zero-order chi connectivity index (χ0) is 13.4. The van der Waals surface area contributed by atoms with Crippen LogP contribution in [0.1, 0.15) is 32.6 Å². The van der Waals surface area contributed by atoms with E-state index >= 15 is 0 Å². The Morgan fingerprint density at radius 3 is 2.58 bits per heavy atom. The topological polar surface area (TPSA) is 15.3 Å². The quantitative estimate of drug-likeness (QED) is 0.911. The van der Waals surface area contributed by atoms with Gasteiger partial charge in [-0.3, -0.25) is 0 Å². The van der Waals surface area contributed by atoms with E-state index in [-0.39, 0.29) is 5.82 Å². The molecule has 2 aliphatic heterocycles. The zero-order valence-corrected chi connectivity index (χ0v) is 12.0. The maximum atomic E-state index is 14.1. The van der Waals surface area contributed by atoms with Crippen LogP contribution >= 0.6 is 11.6 Å². The van der Waals surface area contributed by atoms with E-state index in [4.69, 9.17) is 11.6 Å². The van der Waals surface area contributed by atoms with Crippen molar-refractivity contribution in [3.05, 3.63) is 29.0 Å². The summed E-state index contributed by atoms with van der Waals surface area (Å²) in [7, 11) is 0. The molecule has 0 spiro atoms. The number of benzene rings is 1. The predicted molar refractivity (Wildman–Crippen MR) is 77.4 cm³/mol. The summed E-state index contributed by atoms with van der Waals surface area (Å²) in [5, 5.41) is 4.07. The number of hydrogen-bond donors (Lipinski definition) is 1. The normalized spacial score (nSPS) is 29.8. The molecule has 2 nitrogen and oxygen atoms in total. The molecule has 0 aromatic heterocycles. The van der Waals surface area contributed by atoms with Crippen molar-refractivity contribution in [1.29, 1.82) is 0 Å². The Labute approximate surface area is 118 Å². The highest BCUT2D eigenvalue weighted by Crippen LogP contribution is 2.43. The molecule has 1 aromatic rings. The molecule has 2 saturated heterocycles. The third-order valence-corrected chi connectivity index (χ3v) is 4.73. The Morgan fingerprint density at radius 2 is 2.00 bits per heavy atom. The molecular weight excluding hydrogens is 263 g/mol. The second-order valence-corrected chi connectivity index (χ2v) is 6.00. The summed E-state index contributed by atoms with van der Waals surface area (Å²) in [5.74, 6) is -0.189. The largest absolute Gasteiger partial charge is 0.362 e. The maximum absolute atomic E-state index is 14.1. The number of anilines is 1. The fraction of sp³-hybridized carbons (Fsp3) is 0.600. The second-order valence-electron chi connectivity index (χ2n) is 5.59. The van der Waals surface area contributed by atoms with Crippen LogP contribution in [0.4, 0.5) is 10.1 Å². The first-order valence-corrected chi connectivity index (χ1v) is 7.54. The molecule has 3 rings (SSSR count). The molecule has 2 unspecified atom stereocenters. The van der Waals surface area contributed by atoms with E-state index in [1.54, 1.807) is 12.1 Å². The summed E-state index contributed by atoms with van der Waals surface area (Å²) in [6.07, 6.45) is 4.48. The van der Waals surface area contributed by atoms with Crippen LogP contribution in [0.3, 0.4) is 0 Å². The summed E-state index contributed by atoms with van der Waals surface area (Å²) >= 11 is 6.22. The highest BCUT2D eigenvalue weighted by Gasteiger charge is 2.42. The average Bonchev–Trinajstić information content (AvgIpc) is 2.63. The van der Waals surface area contributed by atoms with Crippen LogP contribution in [-0.4, -0.2) is 24.7 Å². The van der Waals surface area contributed by atoms with Gasteiger partial charge in [0.1, 0.15) is 5.82 Å². The Hall–Kier alpha value is -0.800. The molecule has 1 aromatic carbocycles. The number of halogens is 2. The zero-order valence-electron chi connectivity index (χ0n) is 11.2. The molecule has 4 heteroatoms. The van der Waals surface area contributed by atoms with Crippen molar-refractivity contribution >= 4 is 17.3 Å². The second kappa shape index (κ2) is 5.29. The maximum Gasteiger partial charge on any atom is 0.148 e. The molecule has 2 atom stereocenters. The fourth-order valence-corrected chi connectivity index (χ4v) is 3.99. The molecule has 2 heterocycles. The highest BCUT2D eigenvalue weighted by molar-refractivity contribution is 6.33. The molecule has 0 aliphatic carbocycles. The number of piperidine rings is 1. The molecule has 2 bridgehead atoms. The van der Waals surface area contributed by atoms with E-state index in [1.807, 2.05) is 0 Å². The van der Waals surface area contributed by atoms with E-state index in [1.165, 1.54) is 6.07 Å². The van der Waals surface area contributed by atoms with E-state index in [0.717, 1.165) is 32.2 Å². The van der Waals surface area contributed by atoms with E-state index < -0.39 is 0 Å². The Kier molecular flexibility index (Phi) is 3.68. The molecule has 104 valence electrons. The lowest BCUT2D eigenvalue weighted by molar-refractivity contribution is 0.359. The van der Waals surface area contributed by atoms with Gasteiger partial charge in [-0.2, -0.15) is 0 Å². The van der Waals surface area contributed by atoms with Crippen molar-refractivity contribution < 1.29 is 4.39 Å². The molecule has 1 N–H and O–H groups in total. The third kappa shape index (κ3) is 2.34. The van der Waals surface area contributed by atoms with Crippen LogP contribution in [0.2, 0.25) is 5.02 Å². The van der Waals surface area contributed by atoms with Crippen LogP contribution in [0.5, 0.6) is 0 Å². The molecular formula is C15H20ClFN2. The van der Waals surface area contributed by atoms with Crippen molar-refractivity contribution in [3.8, 4) is 0 Å². The number of nitrogens with one attached hydrogen (secondary N) is 1. The standard InChI is InChI=1S/C15H20ClFN2/c1-2-18-10-8-11-6-7-12(9-10)19(11)15-13(16)4-3-5-14(15)17/h3-5,10-12,18H,2,6-9H2,1H3. The minimum Gasteiger partial charge on any atom is -0.362 e. The molecule has 0 saturated carbocycles. The van der Waals surface area contributed by atoms with Gasteiger partial charge in [0.2, 0.25) is 0 Å². The Bertz CT molecular complexity index is 431. The molecule has 0 radical (unpaired) electrons. The van der Waals surface area contributed by atoms with E-state index in [0.29, 0.717) is 28.8 Å². The van der Waals surface area contributed by atoms with Gasteiger partial charge < -0.3 is 10.2 Å². The van der Waals surface area contributed by atoms with Crippen molar-refractivity contribution in [2.45, 2.75) is 50.7 Å². The van der Waals surface area contributed by atoms with Gasteiger partial charge in [-0.05, 0) is 44.4 Å². The first-order chi connectivity index (χ1) is 9.20. The van der Waals surface area contributed by atoms with Gasteiger partial charge in [0.25, 0.3) is 0 Å². The van der Waals surface area contributed by atoms with Crippen LogP contribution in [-0.2, 0) is 0 Å². The minimum absolute atomic E-state index is 0.189. The van der Waals surface area contributed by atoms with Crippen molar-refractivity contribution in [2.75, 3.05) is 11.4 Å². The predicted octanol–water partition coefficient (Wildman–Crippen LogP) is 3.59. The summed E-state index contributed by atoms with van der Waals surface area (Å²) in [6.45, 7) is 3.15. The summed E-state index contributed by atoms with van der Waals surface area (Å²) in [6, 6.07) is 6.40. The first-order valence-electron chi connectivity index (χ1n) is 7.16. The van der Waals surface area contributed by atoms with E-state index in [9.17, 15) is 4.39 Å². The molecule has 2 fully saturated rings. The van der Waals surface area contributed by atoms with Crippen molar-refractivity contribution in [2.24, 2.45) is 0 Å². The van der Waals surface area contributed by atoms with Gasteiger partial charge in [0.05, 0.1) is 10.7 Å². The van der Waals surface area contributed by atoms with Crippen LogP contribution in [0.25, 0.3) is 0 Å². The number of para-hydroxylation sites is 1. The number of hydrogen-bond acceptors (Lipinski definition) is 2. The molecule has 19 heavy (non-hydrogen) atoms. The fourth-order valence-electron chi connectivity index (χ4n) is 3.73. The van der Waals surface area contributed by atoms with Crippen molar-refractivity contribution in [3.63, 3.8) is 0 Å². The van der Waals surface area contributed by atoms with Crippen LogP contribution in [0.15, 0.2) is 18.2 Å². The Morgan fingerprint density at radius 1 is 1.32 bits per heavy atom. The summed E-state index contributed by atoms with van der Waals surface area (Å²) in [4.78, 5) is 2.24. The number of fused-ring (bicyclic) bond motifs is 2. The first kappa shape index (κ1) is 13.2. The van der Waals surface area contributed by atoms with Gasteiger partial charge in [0.15, 0.2) is 0 Å². The lowest BCUT2D eigenvalue weighted by Crippen LogP contribution is -2.49. The number of nitrogens with zero attached hydrogens (tertiary/aromatic N) is 1.